The number of rotatable bonds is 10. The minimum atomic E-state index is -4.51. The monoisotopic (exact) mass is 830 g/mol. The van der Waals surface area contributed by atoms with E-state index in [1.807, 2.05) is 0 Å². The summed E-state index contributed by atoms with van der Waals surface area (Å²) in [6.07, 6.45) is 1.21. The van der Waals surface area contributed by atoms with E-state index in [2.05, 4.69) is 29.6 Å². The molecule has 1 aliphatic heterocycles. The van der Waals surface area contributed by atoms with Crippen LogP contribution in [0.1, 0.15) is 11.1 Å². The number of nitrogens with one attached hydrogen (secondary N) is 2. The van der Waals surface area contributed by atoms with Gasteiger partial charge in [-0.25, -0.2) is 26.4 Å². The zero-order valence-corrected chi connectivity index (χ0v) is 32.1. The minimum absolute atomic E-state index is 0.0240. The van der Waals surface area contributed by atoms with Gasteiger partial charge in [0.2, 0.25) is 0 Å². The predicted octanol–water partition coefficient (Wildman–Crippen LogP) is 8.26. The number of benzene rings is 4. The predicted molar refractivity (Wildman–Crippen MR) is 206 cm³/mol. The summed E-state index contributed by atoms with van der Waals surface area (Å²) in [5, 5.41) is 32.5. The SMILES string of the molecule is [C-]#[N+]c1cnn(-c2ccc(Cl)c(S(=O)(=O)Nc3ccc(N4CCOCC4)c(S(=O)(=O)Nc4cc(C)c(C)cc4O)c3)c2)c1N=Nc1cc(Cl)c(O)c(Cl)c1. The van der Waals surface area contributed by atoms with Crippen LogP contribution < -0.4 is 14.3 Å². The zero-order chi connectivity index (χ0) is 38.9. The number of phenolic OH excluding ortho intramolecular Hbond substituents is 2. The highest BCUT2D eigenvalue weighted by Gasteiger charge is 2.27. The van der Waals surface area contributed by atoms with Crippen LogP contribution in [-0.2, 0) is 24.8 Å². The van der Waals surface area contributed by atoms with Crippen LogP contribution in [0.15, 0.2) is 86.9 Å². The first kappa shape index (κ1) is 38.6. The second kappa shape index (κ2) is 15.3. The van der Waals surface area contributed by atoms with E-state index in [9.17, 15) is 27.0 Å². The lowest BCUT2D eigenvalue weighted by molar-refractivity contribution is 0.122. The number of hydrogen-bond acceptors (Lipinski definition) is 11. The number of azo groups is 1. The van der Waals surface area contributed by atoms with Crippen molar-refractivity contribution < 1.29 is 31.8 Å². The van der Waals surface area contributed by atoms with E-state index in [0.717, 1.165) is 11.1 Å². The molecule has 0 saturated carbocycles. The van der Waals surface area contributed by atoms with Crippen molar-refractivity contribution >= 4 is 89.1 Å². The number of nitrogens with zero attached hydrogens (tertiary/aromatic N) is 6. The summed E-state index contributed by atoms with van der Waals surface area (Å²) in [5.74, 6) is -0.687. The van der Waals surface area contributed by atoms with Gasteiger partial charge < -0.3 is 19.8 Å². The van der Waals surface area contributed by atoms with E-state index in [0.29, 0.717) is 32.0 Å². The van der Waals surface area contributed by atoms with E-state index in [4.69, 9.17) is 46.1 Å². The van der Waals surface area contributed by atoms with Crippen LogP contribution >= 0.6 is 34.8 Å². The van der Waals surface area contributed by atoms with E-state index < -0.39 is 24.9 Å². The van der Waals surface area contributed by atoms with Gasteiger partial charge in [-0.05, 0) is 85.6 Å². The van der Waals surface area contributed by atoms with Crippen molar-refractivity contribution in [2.24, 2.45) is 10.2 Å². The van der Waals surface area contributed by atoms with Gasteiger partial charge >= 0.3 is 0 Å². The largest absolute Gasteiger partial charge is 0.506 e. The number of aromatic hydroxyl groups is 2. The first-order valence-corrected chi connectivity index (χ1v) is 19.9. The molecule has 0 atom stereocenters. The highest BCUT2D eigenvalue weighted by Crippen LogP contribution is 2.39. The van der Waals surface area contributed by atoms with Crippen molar-refractivity contribution in [3.8, 4) is 17.2 Å². The van der Waals surface area contributed by atoms with Crippen molar-refractivity contribution in [1.29, 1.82) is 0 Å². The topological polar surface area (TPSA) is 192 Å². The number of phenols is 2. The zero-order valence-electron chi connectivity index (χ0n) is 28.2. The molecule has 20 heteroatoms. The molecule has 54 heavy (non-hydrogen) atoms. The molecule has 1 saturated heterocycles. The maximum Gasteiger partial charge on any atom is 0.264 e. The molecule has 280 valence electrons. The lowest BCUT2D eigenvalue weighted by Crippen LogP contribution is -2.37. The number of sulfonamides is 2. The molecule has 0 unspecified atom stereocenters. The summed E-state index contributed by atoms with van der Waals surface area (Å²) in [4.78, 5) is 4.57. The molecule has 0 bridgehead atoms. The fourth-order valence-corrected chi connectivity index (χ4v) is 8.75. The minimum Gasteiger partial charge on any atom is -0.506 e. The van der Waals surface area contributed by atoms with E-state index in [1.54, 1.807) is 18.7 Å². The summed E-state index contributed by atoms with van der Waals surface area (Å²) in [6, 6.07) is 13.6. The van der Waals surface area contributed by atoms with Crippen LogP contribution in [-0.4, -0.2) is 63.1 Å². The Morgan fingerprint density at radius 2 is 1.50 bits per heavy atom. The van der Waals surface area contributed by atoms with Crippen LogP contribution in [0.25, 0.3) is 10.5 Å². The molecule has 4 N–H and O–H groups in total. The molecule has 2 heterocycles. The van der Waals surface area contributed by atoms with E-state index in [1.165, 1.54) is 71.5 Å². The van der Waals surface area contributed by atoms with Crippen molar-refractivity contribution in [2.75, 3.05) is 40.6 Å². The second-order valence-corrected chi connectivity index (χ2v) is 16.4. The molecule has 6 rings (SSSR count). The van der Waals surface area contributed by atoms with Crippen molar-refractivity contribution in [1.82, 2.24) is 9.78 Å². The second-order valence-electron chi connectivity index (χ2n) is 11.9. The molecule has 1 aliphatic rings. The Bertz CT molecular complexity index is 2570. The van der Waals surface area contributed by atoms with E-state index in [-0.39, 0.29) is 65.7 Å². The molecule has 1 fully saturated rings. The average Bonchev–Trinajstić information content (AvgIpc) is 3.55. The van der Waals surface area contributed by atoms with Crippen LogP contribution in [0.3, 0.4) is 0 Å². The van der Waals surface area contributed by atoms with Gasteiger partial charge in [0.15, 0.2) is 11.6 Å². The number of aromatic nitrogens is 2. The highest BCUT2D eigenvalue weighted by atomic mass is 35.5. The van der Waals surface area contributed by atoms with Gasteiger partial charge in [-0.3, -0.25) is 9.44 Å². The van der Waals surface area contributed by atoms with Gasteiger partial charge in [-0.1, -0.05) is 34.8 Å². The lowest BCUT2D eigenvalue weighted by Gasteiger charge is -2.30. The summed E-state index contributed by atoms with van der Waals surface area (Å²) < 4.78 is 67.2. The van der Waals surface area contributed by atoms with Gasteiger partial charge in [-0.15, -0.1) is 5.11 Å². The third-order valence-corrected chi connectivity index (χ3v) is 12.1. The summed E-state index contributed by atoms with van der Waals surface area (Å²) in [5.41, 5.74) is 1.90. The average molecular weight is 832 g/mol. The number of hydrogen-bond donors (Lipinski definition) is 4. The molecule has 15 nitrogen and oxygen atoms in total. The molecule has 0 spiro atoms. The first-order chi connectivity index (χ1) is 25.6. The van der Waals surface area contributed by atoms with Crippen LogP contribution in [0, 0.1) is 20.4 Å². The lowest BCUT2D eigenvalue weighted by atomic mass is 10.1. The molecular weight excluding hydrogens is 803 g/mol. The number of ether oxygens (including phenoxy) is 1. The van der Waals surface area contributed by atoms with Gasteiger partial charge in [-0.2, -0.15) is 10.2 Å². The molecule has 0 amide bonds. The van der Waals surface area contributed by atoms with Crippen LogP contribution in [0.5, 0.6) is 11.5 Å². The van der Waals surface area contributed by atoms with Gasteiger partial charge in [0.25, 0.3) is 25.7 Å². The number of anilines is 3. The summed E-state index contributed by atoms with van der Waals surface area (Å²) in [6.45, 7) is 12.6. The normalized spacial score (nSPS) is 13.6. The van der Waals surface area contributed by atoms with Crippen molar-refractivity contribution in [2.45, 2.75) is 23.6 Å². The van der Waals surface area contributed by atoms with Crippen LogP contribution in [0.2, 0.25) is 15.1 Å². The van der Waals surface area contributed by atoms with Crippen LogP contribution in [0.4, 0.5) is 34.3 Å². The number of aryl methyl sites for hydroxylation is 2. The fraction of sp³-hybridized carbons (Fsp3) is 0.176. The molecule has 0 aliphatic carbocycles. The third-order valence-electron chi connectivity index (χ3n) is 8.27. The van der Waals surface area contributed by atoms with Gasteiger partial charge in [0.05, 0.1) is 69.5 Å². The quantitative estimate of drug-likeness (QED) is 0.0609. The standard InChI is InChI=1S/C34H29Cl3N8O7S2/c1-19-12-27(30(46)13-20(19)2)43-54(50,51)32-16-21(4-7-29(32)44-8-10-52-11-9-44)42-53(48,49)31-17-23(5-6-24(31)35)45-34(28(38-3)18-39-45)41-40-22-14-25(36)33(47)26(37)15-22/h4-7,12-18,42-43,46-47H,8-11H2,1-2H3. The Kier molecular flexibility index (Phi) is 11.0. The number of morpholine rings is 1. The Labute approximate surface area is 325 Å². The van der Waals surface area contributed by atoms with Crippen molar-refractivity contribution in [3.05, 3.63) is 104 Å². The maximum absolute atomic E-state index is 14.0. The molecule has 1 aromatic heterocycles. The highest BCUT2D eigenvalue weighted by molar-refractivity contribution is 7.93. The first-order valence-electron chi connectivity index (χ1n) is 15.8. The molecular formula is C34H29Cl3N8O7S2. The molecule has 4 aromatic carbocycles. The summed E-state index contributed by atoms with van der Waals surface area (Å²) in [7, 11) is -8.92. The van der Waals surface area contributed by atoms with E-state index >= 15 is 0 Å². The Morgan fingerprint density at radius 3 is 2.19 bits per heavy atom. The smallest absolute Gasteiger partial charge is 0.264 e. The molecule has 5 aromatic rings. The Morgan fingerprint density at radius 1 is 0.833 bits per heavy atom. The van der Waals surface area contributed by atoms with Gasteiger partial charge in [0, 0.05) is 13.1 Å². The maximum atomic E-state index is 14.0. The Hall–Kier alpha value is -5.09. The fourth-order valence-electron chi connectivity index (χ4n) is 5.39. The third kappa shape index (κ3) is 8.04. The van der Waals surface area contributed by atoms with Crippen molar-refractivity contribution in [3.63, 3.8) is 0 Å². The number of halogens is 3. The molecule has 0 radical (unpaired) electrons. The Balaban J connectivity index is 1.36. The summed E-state index contributed by atoms with van der Waals surface area (Å²) >= 11 is 18.4. The van der Waals surface area contributed by atoms with Gasteiger partial charge in [0.1, 0.15) is 15.5 Å².